The van der Waals surface area contributed by atoms with Gasteiger partial charge in [0.25, 0.3) is 5.91 Å². The molecule has 29 heavy (non-hydrogen) atoms. The van der Waals surface area contributed by atoms with Gasteiger partial charge in [-0.05, 0) is 62.6 Å². The number of ether oxygens (including phenoxy) is 1. The predicted molar refractivity (Wildman–Crippen MR) is 111 cm³/mol. The van der Waals surface area contributed by atoms with Gasteiger partial charge in [0, 0.05) is 17.8 Å². The molecule has 0 saturated heterocycles. The summed E-state index contributed by atoms with van der Waals surface area (Å²) >= 11 is 0. The molecule has 0 N–H and O–H groups in total. The van der Waals surface area contributed by atoms with E-state index in [1.807, 2.05) is 42.2 Å². The Bertz CT molecular complexity index is 1050. The van der Waals surface area contributed by atoms with Crippen LogP contribution in [-0.4, -0.2) is 34.8 Å². The fourth-order valence-electron chi connectivity index (χ4n) is 3.72. The van der Waals surface area contributed by atoms with Gasteiger partial charge in [0.15, 0.2) is 0 Å². The van der Waals surface area contributed by atoms with Crippen LogP contribution in [0.25, 0.3) is 5.69 Å². The molecule has 3 aromatic rings. The van der Waals surface area contributed by atoms with E-state index in [-0.39, 0.29) is 11.9 Å². The lowest BCUT2D eigenvalue weighted by Gasteiger charge is -2.29. The average Bonchev–Trinajstić information content (AvgIpc) is 3.14. The smallest absolute Gasteiger partial charge is 0.341 e. The summed E-state index contributed by atoms with van der Waals surface area (Å²) < 4.78 is 6.74. The minimum Gasteiger partial charge on any atom is -0.462 e. The zero-order valence-corrected chi connectivity index (χ0v) is 16.6. The summed E-state index contributed by atoms with van der Waals surface area (Å²) in [5, 5.41) is 4.30. The van der Waals surface area contributed by atoms with Crippen LogP contribution < -0.4 is 4.90 Å². The highest BCUT2D eigenvalue weighted by Crippen LogP contribution is 2.28. The SMILES string of the molecule is CCOC(=O)c1cnn(-c2ccc(C(=O)N3CCCc4ccccc43)cc2)c1C. The molecule has 0 atom stereocenters. The number of amides is 1. The van der Waals surface area contributed by atoms with E-state index in [0.717, 1.165) is 30.8 Å². The number of benzene rings is 2. The number of hydrogen-bond donors (Lipinski definition) is 0. The number of esters is 1. The van der Waals surface area contributed by atoms with Crippen LogP contribution >= 0.6 is 0 Å². The number of aromatic nitrogens is 2. The molecule has 4 rings (SSSR count). The Morgan fingerprint density at radius 3 is 2.62 bits per heavy atom. The lowest BCUT2D eigenvalue weighted by molar-refractivity contribution is 0.0525. The third kappa shape index (κ3) is 3.53. The number of hydrogen-bond acceptors (Lipinski definition) is 4. The molecule has 0 spiro atoms. The summed E-state index contributed by atoms with van der Waals surface area (Å²) in [7, 11) is 0. The number of aryl methyl sites for hydroxylation is 1. The highest BCUT2D eigenvalue weighted by Gasteiger charge is 2.23. The third-order valence-electron chi connectivity index (χ3n) is 5.22. The molecular formula is C23H23N3O3. The molecule has 6 heteroatoms. The summed E-state index contributed by atoms with van der Waals surface area (Å²) in [6, 6.07) is 15.4. The van der Waals surface area contributed by atoms with Gasteiger partial charge in [0.2, 0.25) is 0 Å². The quantitative estimate of drug-likeness (QED) is 0.634. The first-order valence-corrected chi connectivity index (χ1v) is 9.82. The molecule has 6 nitrogen and oxygen atoms in total. The summed E-state index contributed by atoms with van der Waals surface area (Å²) in [5.74, 6) is -0.389. The Labute approximate surface area is 169 Å². The molecule has 2 heterocycles. The summed E-state index contributed by atoms with van der Waals surface area (Å²) in [5.41, 5.74) is 4.76. The number of rotatable bonds is 4. The molecular weight excluding hydrogens is 366 g/mol. The lowest BCUT2D eigenvalue weighted by atomic mass is 10.0. The first-order chi connectivity index (χ1) is 14.1. The number of nitrogens with zero attached hydrogens (tertiary/aromatic N) is 3. The fourth-order valence-corrected chi connectivity index (χ4v) is 3.72. The van der Waals surface area contributed by atoms with Crippen molar-refractivity contribution in [1.82, 2.24) is 9.78 Å². The molecule has 2 aromatic carbocycles. The fraction of sp³-hybridized carbons (Fsp3) is 0.261. The maximum Gasteiger partial charge on any atom is 0.341 e. The van der Waals surface area contributed by atoms with Gasteiger partial charge < -0.3 is 9.64 Å². The van der Waals surface area contributed by atoms with Gasteiger partial charge in [-0.3, -0.25) is 4.79 Å². The lowest BCUT2D eigenvalue weighted by Crippen LogP contribution is -2.35. The maximum absolute atomic E-state index is 13.1. The molecule has 0 bridgehead atoms. The molecule has 0 fully saturated rings. The molecule has 1 amide bonds. The van der Waals surface area contributed by atoms with Crippen molar-refractivity contribution in [2.75, 3.05) is 18.1 Å². The maximum atomic E-state index is 13.1. The Hall–Kier alpha value is -3.41. The molecule has 0 aliphatic carbocycles. The zero-order valence-electron chi connectivity index (χ0n) is 16.6. The average molecular weight is 389 g/mol. The second-order valence-corrected chi connectivity index (χ2v) is 7.01. The highest BCUT2D eigenvalue weighted by molar-refractivity contribution is 6.06. The van der Waals surface area contributed by atoms with E-state index < -0.39 is 0 Å². The van der Waals surface area contributed by atoms with Crippen molar-refractivity contribution in [3.05, 3.63) is 77.1 Å². The minimum absolute atomic E-state index is 0.00639. The van der Waals surface area contributed by atoms with Crippen LogP contribution in [0.2, 0.25) is 0 Å². The van der Waals surface area contributed by atoms with Crippen molar-refractivity contribution in [3.63, 3.8) is 0 Å². The van der Waals surface area contributed by atoms with E-state index in [2.05, 4.69) is 11.2 Å². The Morgan fingerprint density at radius 1 is 1.10 bits per heavy atom. The van der Waals surface area contributed by atoms with Crippen LogP contribution in [0.1, 0.15) is 45.3 Å². The van der Waals surface area contributed by atoms with Gasteiger partial charge in [0.05, 0.1) is 24.2 Å². The number of para-hydroxylation sites is 1. The second kappa shape index (κ2) is 7.91. The van der Waals surface area contributed by atoms with Crippen molar-refractivity contribution in [3.8, 4) is 5.69 Å². The van der Waals surface area contributed by atoms with E-state index in [4.69, 9.17) is 4.74 Å². The Morgan fingerprint density at radius 2 is 1.86 bits per heavy atom. The standard InChI is InChI=1S/C23H23N3O3/c1-3-29-23(28)20-15-24-26(16(20)2)19-12-10-18(11-13-19)22(27)25-14-6-8-17-7-4-5-9-21(17)25/h4-5,7,9-13,15H,3,6,8,14H2,1-2H3. The summed E-state index contributed by atoms with van der Waals surface area (Å²) in [6.07, 6.45) is 3.47. The summed E-state index contributed by atoms with van der Waals surface area (Å²) in [6.45, 7) is 4.63. The van der Waals surface area contributed by atoms with E-state index >= 15 is 0 Å². The number of fused-ring (bicyclic) bond motifs is 1. The van der Waals surface area contributed by atoms with Crippen LogP contribution in [0.5, 0.6) is 0 Å². The van der Waals surface area contributed by atoms with E-state index in [1.165, 1.54) is 11.8 Å². The zero-order chi connectivity index (χ0) is 20.4. The predicted octanol–water partition coefficient (Wildman–Crippen LogP) is 3.95. The normalized spacial score (nSPS) is 13.1. The topological polar surface area (TPSA) is 64.4 Å². The van der Waals surface area contributed by atoms with E-state index in [1.54, 1.807) is 23.7 Å². The summed E-state index contributed by atoms with van der Waals surface area (Å²) in [4.78, 5) is 26.9. The van der Waals surface area contributed by atoms with Crippen LogP contribution in [0.3, 0.4) is 0 Å². The van der Waals surface area contributed by atoms with Crippen molar-refractivity contribution in [2.45, 2.75) is 26.7 Å². The number of carbonyl (C=O) groups excluding carboxylic acids is 2. The minimum atomic E-state index is -0.383. The van der Waals surface area contributed by atoms with Crippen LogP contribution in [-0.2, 0) is 11.2 Å². The Balaban J connectivity index is 1.58. The second-order valence-electron chi connectivity index (χ2n) is 7.01. The Kier molecular flexibility index (Phi) is 5.16. The molecule has 0 unspecified atom stereocenters. The van der Waals surface area contributed by atoms with Crippen LogP contribution in [0, 0.1) is 6.92 Å². The molecule has 148 valence electrons. The first kappa shape index (κ1) is 18.9. The van der Waals surface area contributed by atoms with E-state index in [9.17, 15) is 9.59 Å². The van der Waals surface area contributed by atoms with Crippen LogP contribution in [0.15, 0.2) is 54.7 Å². The highest BCUT2D eigenvalue weighted by atomic mass is 16.5. The molecule has 1 aliphatic heterocycles. The monoisotopic (exact) mass is 389 g/mol. The molecule has 1 aromatic heterocycles. The first-order valence-electron chi connectivity index (χ1n) is 9.82. The van der Waals surface area contributed by atoms with Crippen molar-refractivity contribution in [2.24, 2.45) is 0 Å². The van der Waals surface area contributed by atoms with Crippen molar-refractivity contribution in [1.29, 1.82) is 0 Å². The van der Waals surface area contributed by atoms with Gasteiger partial charge in [0.1, 0.15) is 5.56 Å². The van der Waals surface area contributed by atoms with Gasteiger partial charge in [-0.25, -0.2) is 9.48 Å². The van der Waals surface area contributed by atoms with Crippen LogP contribution in [0.4, 0.5) is 5.69 Å². The molecule has 0 radical (unpaired) electrons. The van der Waals surface area contributed by atoms with Gasteiger partial charge >= 0.3 is 5.97 Å². The van der Waals surface area contributed by atoms with Crippen molar-refractivity contribution < 1.29 is 14.3 Å². The van der Waals surface area contributed by atoms with E-state index in [0.29, 0.717) is 23.4 Å². The largest absolute Gasteiger partial charge is 0.462 e. The van der Waals surface area contributed by atoms with Gasteiger partial charge in [-0.15, -0.1) is 0 Å². The molecule has 0 saturated carbocycles. The van der Waals surface area contributed by atoms with Crippen molar-refractivity contribution >= 4 is 17.6 Å². The molecule has 1 aliphatic rings. The number of carbonyl (C=O) groups is 2. The van der Waals surface area contributed by atoms with Gasteiger partial charge in [-0.2, -0.15) is 5.10 Å². The number of anilines is 1. The van der Waals surface area contributed by atoms with Gasteiger partial charge in [-0.1, -0.05) is 18.2 Å². The third-order valence-corrected chi connectivity index (χ3v) is 5.22.